The van der Waals surface area contributed by atoms with E-state index in [1.54, 1.807) is 0 Å². The summed E-state index contributed by atoms with van der Waals surface area (Å²) < 4.78 is -0.437. The number of rotatable bonds is 7. The fourth-order valence-electron chi connectivity index (χ4n) is 5.13. The van der Waals surface area contributed by atoms with Gasteiger partial charge in [-0.2, -0.15) is 5.43 Å². The summed E-state index contributed by atoms with van der Waals surface area (Å²) >= 11 is 6.30. The first-order valence-electron chi connectivity index (χ1n) is 11.9. The Balaban J connectivity index is 1.83. The Morgan fingerprint density at radius 2 is 1.86 bits per heavy atom. The number of hydrogen-bond donors (Lipinski definition) is 4. The number of urea groups is 1. The molecule has 1 heterocycles. The van der Waals surface area contributed by atoms with Crippen molar-refractivity contribution in [2.75, 3.05) is 18.4 Å². The maximum absolute atomic E-state index is 13.4. The topological polar surface area (TPSA) is 142 Å². The van der Waals surface area contributed by atoms with Crippen LogP contribution in [0.15, 0.2) is 18.2 Å². The number of quaternary nitrogens is 1. The van der Waals surface area contributed by atoms with Gasteiger partial charge in [-0.25, -0.2) is 4.79 Å². The van der Waals surface area contributed by atoms with Crippen molar-refractivity contribution in [3.63, 3.8) is 0 Å². The second-order valence-corrected chi connectivity index (χ2v) is 9.83. The summed E-state index contributed by atoms with van der Waals surface area (Å²) in [6.45, 7) is 2.02. The number of aldehydes is 1. The third-order valence-corrected chi connectivity index (χ3v) is 7.16. The lowest BCUT2D eigenvalue weighted by molar-refractivity contribution is -0.875. The number of aliphatic carboxylic acids is 1. The first-order valence-corrected chi connectivity index (χ1v) is 12.3. The molecule has 1 aromatic carbocycles. The Hall–Kier alpha value is -2.98. The summed E-state index contributed by atoms with van der Waals surface area (Å²) in [4.78, 5) is 60.4. The van der Waals surface area contributed by atoms with Crippen molar-refractivity contribution >= 4 is 47.4 Å². The number of anilines is 1. The van der Waals surface area contributed by atoms with E-state index in [0.717, 1.165) is 32.1 Å². The van der Waals surface area contributed by atoms with Crippen LogP contribution in [0.5, 0.6) is 0 Å². The van der Waals surface area contributed by atoms with Crippen molar-refractivity contribution in [3.05, 3.63) is 28.8 Å². The number of carboxylic acid groups (broad SMARTS) is 1. The summed E-state index contributed by atoms with van der Waals surface area (Å²) in [6.07, 6.45) is 6.19. The second-order valence-electron chi connectivity index (χ2n) is 9.43. The van der Waals surface area contributed by atoms with Gasteiger partial charge in [0, 0.05) is 24.9 Å². The van der Waals surface area contributed by atoms with Gasteiger partial charge in [0.1, 0.15) is 25.4 Å². The number of carbonyl (C=O) groups excluding carboxylic acids is 4. The SMILES string of the molecule is CC(=O)Nc1ccc(C(=O)N[N@@+]2(C(=O)N[C@H](C=O)CC(=O)O)CC[C@@H](C3CCCCC3)C2)c(Cl)c1. The maximum atomic E-state index is 13.4. The molecule has 0 spiro atoms. The average Bonchev–Trinajstić information content (AvgIpc) is 3.23. The molecule has 190 valence electrons. The van der Waals surface area contributed by atoms with Crippen molar-refractivity contribution in [1.82, 2.24) is 10.7 Å². The normalized spacial score (nSPS) is 23.2. The van der Waals surface area contributed by atoms with E-state index >= 15 is 0 Å². The lowest BCUT2D eigenvalue weighted by atomic mass is 9.79. The molecule has 2 aliphatic rings. The fraction of sp³-hybridized carbons (Fsp3) is 0.542. The molecule has 0 radical (unpaired) electrons. The van der Waals surface area contributed by atoms with Crippen molar-refractivity contribution in [2.24, 2.45) is 11.8 Å². The zero-order valence-electron chi connectivity index (χ0n) is 19.7. The van der Waals surface area contributed by atoms with Gasteiger partial charge in [0.2, 0.25) is 5.91 Å². The third-order valence-electron chi connectivity index (χ3n) is 6.85. The van der Waals surface area contributed by atoms with E-state index in [0.29, 0.717) is 31.0 Å². The molecule has 1 saturated heterocycles. The molecule has 0 bridgehead atoms. The first kappa shape index (κ1) is 26.6. The van der Waals surface area contributed by atoms with Crippen LogP contribution >= 0.6 is 11.6 Å². The molecule has 3 rings (SSSR count). The third kappa shape index (κ3) is 6.79. The van der Waals surface area contributed by atoms with E-state index in [2.05, 4.69) is 16.1 Å². The number of amides is 4. The Morgan fingerprint density at radius 1 is 1.14 bits per heavy atom. The van der Waals surface area contributed by atoms with Gasteiger partial charge in [0.15, 0.2) is 0 Å². The Morgan fingerprint density at radius 3 is 2.46 bits per heavy atom. The number of halogens is 1. The monoisotopic (exact) mass is 507 g/mol. The lowest BCUT2D eigenvalue weighted by Gasteiger charge is -2.33. The highest BCUT2D eigenvalue weighted by Crippen LogP contribution is 2.37. The standard InChI is InChI=1S/C24H31ClN4O6/c1-15(31)26-18-7-8-20(21(25)11-18)23(34)28-29(24(35)27-19(14-30)12-22(32)33)10-9-17(13-29)16-5-3-2-4-6-16/h7-8,11,14,16-17,19H,2-6,9-10,12-13H2,1H3,(H3-,26,27,28,31,32,33,34,35)/p+1/t17-,19+,29+/m1/s1. The van der Waals surface area contributed by atoms with Crippen LogP contribution in [0, 0.1) is 11.8 Å². The number of benzene rings is 1. The predicted octanol–water partition coefficient (Wildman–Crippen LogP) is 3.11. The minimum absolute atomic E-state index is 0.104. The van der Waals surface area contributed by atoms with Crippen LogP contribution in [0.25, 0.3) is 0 Å². The molecule has 3 atom stereocenters. The molecule has 1 aliphatic heterocycles. The van der Waals surface area contributed by atoms with Gasteiger partial charge in [0.05, 0.1) is 17.0 Å². The van der Waals surface area contributed by atoms with E-state index < -0.39 is 35.0 Å². The van der Waals surface area contributed by atoms with Gasteiger partial charge < -0.3 is 15.2 Å². The van der Waals surface area contributed by atoms with Gasteiger partial charge in [-0.05, 0) is 37.0 Å². The first-order chi connectivity index (χ1) is 16.6. The molecule has 1 aromatic rings. The van der Waals surface area contributed by atoms with E-state index in [9.17, 15) is 24.0 Å². The molecule has 4 N–H and O–H groups in total. The smallest absolute Gasteiger partial charge is 0.441 e. The van der Waals surface area contributed by atoms with E-state index in [1.165, 1.54) is 31.5 Å². The van der Waals surface area contributed by atoms with Crippen LogP contribution in [0.1, 0.15) is 62.2 Å². The minimum Gasteiger partial charge on any atom is -0.481 e. The molecule has 11 heteroatoms. The van der Waals surface area contributed by atoms with Gasteiger partial charge in [-0.3, -0.25) is 19.7 Å². The van der Waals surface area contributed by atoms with Gasteiger partial charge in [-0.15, -0.1) is 4.59 Å². The minimum atomic E-state index is -1.22. The number of likely N-dealkylation sites (tertiary alicyclic amines) is 1. The highest BCUT2D eigenvalue weighted by molar-refractivity contribution is 6.34. The number of hydrogen-bond acceptors (Lipinski definition) is 5. The van der Waals surface area contributed by atoms with E-state index in [4.69, 9.17) is 16.7 Å². The molecule has 2 fully saturated rings. The number of carboxylic acids is 1. The quantitative estimate of drug-likeness (QED) is 0.330. The van der Waals surface area contributed by atoms with E-state index in [1.807, 2.05) is 0 Å². The van der Waals surface area contributed by atoms with Crippen LogP contribution in [0.4, 0.5) is 10.5 Å². The second kappa shape index (κ2) is 11.6. The molecule has 1 aliphatic carbocycles. The molecule has 35 heavy (non-hydrogen) atoms. The Kier molecular flexibility index (Phi) is 8.85. The highest BCUT2D eigenvalue weighted by atomic mass is 35.5. The molecule has 1 saturated carbocycles. The average molecular weight is 508 g/mol. The number of nitrogens with zero attached hydrogens (tertiary/aromatic N) is 1. The highest BCUT2D eigenvalue weighted by Gasteiger charge is 2.49. The fourth-order valence-corrected chi connectivity index (χ4v) is 5.40. The molecular weight excluding hydrogens is 476 g/mol. The molecule has 0 aromatic heterocycles. The molecule has 0 unspecified atom stereocenters. The van der Waals surface area contributed by atoms with Crippen LogP contribution in [0.3, 0.4) is 0 Å². The lowest BCUT2D eigenvalue weighted by Crippen LogP contribution is -2.66. The van der Waals surface area contributed by atoms with Crippen LogP contribution in [-0.2, 0) is 14.4 Å². The van der Waals surface area contributed by atoms with Crippen LogP contribution < -0.4 is 16.1 Å². The zero-order valence-corrected chi connectivity index (χ0v) is 20.5. The van der Waals surface area contributed by atoms with E-state index in [-0.39, 0.29) is 22.4 Å². The van der Waals surface area contributed by atoms with Gasteiger partial charge >= 0.3 is 12.0 Å². The predicted molar refractivity (Wildman–Crippen MR) is 129 cm³/mol. The van der Waals surface area contributed by atoms with Crippen LogP contribution in [0.2, 0.25) is 5.02 Å². The Labute approximate surface area is 208 Å². The number of nitrogens with one attached hydrogen (secondary N) is 3. The number of carbonyl (C=O) groups is 5. The van der Waals surface area contributed by atoms with Crippen molar-refractivity contribution in [2.45, 2.75) is 57.9 Å². The van der Waals surface area contributed by atoms with Crippen molar-refractivity contribution in [1.29, 1.82) is 0 Å². The van der Waals surface area contributed by atoms with Gasteiger partial charge in [-0.1, -0.05) is 30.9 Å². The molecule has 10 nitrogen and oxygen atoms in total. The van der Waals surface area contributed by atoms with Gasteiger partial charge in [0.25, 0.3) is 5.91 Å². The van der Waals surface area contributed by atoms with Crippen LogP contribution in [-0.4, -0.2) is 58.9 Å². The summed E-state index contributed by atoms with van der Waals surface area (Å²) in [5.74, 6) is -1.41. The Bertz CT molecular complexity index is 996. The van der Waals surface area contributed by atoms with Crippen molar-refractivity contribution in [3.8, 4) is 0 Å². The zero-order chi connectivity index (χ0) is 25.6. The van der Waals surface area contributed by atoms with Crippen molar-refractivity contribution < 1.29 is 33.7 Å². The summed E-state index contributed by atoms with van der Waals surface area (Å²) in [7, 11) is 0. The summed E-state index contributed by atoms with van der Waals surface area (Å²) in [6, 6.07) is 2.62. The summed E-state index contributed by atoms with van der Waals surface area (Å²) in [5, 5.41) is 14.2. The molecule has 4 amide bonds. The summed E-state index contributed by atoms with van der Waals surface area (Å²) in [5.41, 5.74) is 3.37. The molecular formula is C24H32ClN4O6+. The largest absolute Gasteiger partial charge is 0.481 e. The maximum Gasteiger partial charge on any atom is 0.441 e.